The lowest BCUT2D eigenvalue weighted by Gasteiger charge is -2.18. The van der Waals surface area contributed by atoms with E-state index >= 15 is 0 Å². The minimum Gasteiger partial charge on any atom is -0.478 e. The molecule has 1 aromatic carbocycles. The molecule has 4 rings (SSSR count). The highest BCUT2D eigenvalue weighted by Crippen LogP contribution is 2.29. The molecule has 0 spiro atoms. The number of carbonyl (C=O) groups is 2. The Morgan fingerprint density at radius 2 is 2.08 bits per heavy atom. The van der Waals surface area contributed by atoms with Crippen molar-refractivity contribution < 1.29 is 14.7 Å². The molecule has 3 aromatic rings. The predicted molar refractivity (Wildman–Crippen MR) is 96.9 cm³/mol. The van der Waals surface area contributed by atoms with Crippen LogP contribution in [0, 0.1) is 0 Å². The molecule has 0 radical (unpaired) electrons. The van der Waals surface area contributed by atoms with Gasteiger partial charge in [-0.05, 0) is 36.2 Å². The van der Waals surface area contributed by atoms with E-state index in [4.69, 9.17) is 0 Å². The van der Waals surface area contributed by atoms with Crippen LogP contribution in [-0.2, 0) is 11.2 Å². The summed E-state index contributed by atoms with van der Waals surface area (Å²) in [4.78, 5) is 31.8. The molecule has 7 heteroatoms. The molecule has 2 N–H and O–H groups in total. The van der Waals surface area contributed by atoms with Gasteiger partial charge in [0.25, 0.3) is 0 Å². The zero-order chi connectivity index (χ0) is 18.4. The third kappa shape index (κ3) is 2.61. The smallest absolute Gasteiger partial charge is 0.335 e. The van der Waals surface area contributed by atoms with Gasteiger partial charge in [-0.15, -0.1) is 0 Å². The number of benzene rings is 1. The Balaban J connectivity index is 1.91. The van der Waals surface area contributed by atoms with Gasteiger partial charge in [0.15, 0.2) is 0 Å². The van der Waals surface area contributed by atoms with Crippen LogP contribution in [0.3, 0.4) is 0 Å². The molecule has 0 fully saturated rings. The van der Waals surface area contributed by atoms with E-state index in [1.165, 1.54) is 0 Å². The molecule has 26 heavy (non-hydrogen) atoms. The van der Waals surface area contributed by atoms with Gasteiger partial charge in [-0.2, -0.15) is 0 Å². The molecule has 3 heterocycles. The Bertz CT molecular complexity index is 1050. The number of anilines is 1. The van der Waals surface area contributed by atoms with E-state index in [1.54, 1.807) is 24.4 Å². The van der Waals surface area contributed by atoms with E-state index in [0.717, 1.165) is 22.6 Å². The Labute approximate surface area is 149 Å². The monoisotopic (exact) mass is 350 g/mol. The number of pyridine rings is 1. The van der Waals surface area contributed by atoms with Gasteiger partial charge in [-0.25, -0.2) is 14.8 Å². The maximum absolute atomic E-state index is 11.5. The van der Waals surface area contributed by atoms with Crippen LogP contribution in [0.5, 0.6) is 0 Å². The first-order chi connectivity index (χ1) is 12.4. The molecule has 0 atom stereocenters. The number of carbonyl (C=O) groups excluding carboxylic acids is 1. The number of aromatic nitrogens is 3. The van der Waals surface area contributed by atoms with Crippen molar-refractivity contribution >= 4 is 28.7 Å². The lowest BCUT2D eigenvalue weighted by molar-refractivity contribution is -0.116. The summed E-state index contributed by atoms with van der Waals surface area (Å²) in [7, 11) is 0. The number of nitrogens with zero attached hydrogens (tertiary/aromatic N) is 3. The number of carboxylic acids is 1. The second-order valence-corrected chi connectivity index (χ2v) is 6.72. The van der Waals surface area contributed by atoms with Gasteiger partial charge in [-0.3, -0.25) is 9.36 Å². The fraction of sp³-hybridized carbons (Fsp3) is 0.263. The molecule has 1 aliphatic heterocycles. The van der Waals surface area contributed by atoms with Gasteiger partial charge in [0.2, 0.25) is 5.91 Å². The predicted octanol–water partition coefficient (Wildman–Crippen LogP) is 3.13. The van der Waals surface area contributed by atoms with Gasteiger partial charge in [0.05, 0.1) is 28.5 Å². The number of rotatable bonds is 3. The van der Waals surface area contributed by atoms with Gasteiger partial charge >= 0.3 is 5.97 Å². The lowest BCUT2D eigenvalue weighted by atomic mass is 10.1. The van der Waals surface area contributed by atoms with Crippen molar-refractivity contribution in [1.82, 2.24) is 14.5 Å². The van der Waals surface area contributed by atoms with Gasteiger partial charge in [-0.1, -0.05) is 13.8 Å². The first-order valence-corrected chi connectivity index (χ1v) is 8.49. The van der Waals surface area contributed by atoms with Crippen LogP contribution in [0.25, 0.3) is 16.7 Å². The van der Waals surface area contributed by atoms with Crippen molar-refractivity contribution in [3.63, 3.8) is 0 Å². The Kier molecular flexibility index (Phi) is 3.72. The third-order valence-corrected chi connectivity index (χ3v) is 4.53. The van der Waals surface area contributed by atoms with E-state index in [-0.39, 0.29) is 17.4 Å². The quantitative estimate of drug-likeness (QED) is 0.756. The molecule has 0 saturated heterocycles. The number of aromatic carboxylic acids is 1. The molecule has 0 bridgehead atoms. The van der Waals surface area contributed by atoms with Crippen LogP contribution in [0.2, 0.25) is 0 Å². The summed E-state index contributed by atoms with van der Waals surface area (Å²) in [5, 5.41) is 12.0. The standard InChI is InChI=1S/C19H18N4O3/c1-10(2)18-21-14-8-12(19(25)26)3-5-15(14)23(18)13-7-11-4-6-16(24)22-17(11)20-9-13/h3,5,7-10H,4,6H2,1-2H3,(H,25,26)(H,20,22,24). The van der Waals surface area contributed by atoms with E-state index in [1.807, 2.05) is 24.5 Å². The number of carboxylic acid groups (broad SMARTS) is 1. The molecule has 2 aromatic heterocycles. The normalized spacial score (nSPS) is 13.7. The van der Waals surface area contributed by atoms with E-state index in [2.05, 4.69) is 15.3 Å². The maximum Gasteiger partial charge on any atom is 0.335 e. The Morgan fingerprint density at radius 3 is 2.81 bits per heavy atom. The zero-order valence-electron chi connectivity index (χ0n) is 14.5. The average molecular weight is 350 g/mol. The lowest BCUT2D eigenvalue weighted by Crippen LogP contribution is -2.20. The van der Waals surface area contributed by atoms with Crippen molar-refractivity contribution in [3.8, 4) is 5.69 Å². The molecule has 132 valence electrons. The fourth-order valence-electron chi connectivity index (χ4n) is 3.26. The van der Waals surface area contributed by atoms with Crippen molar-refractivity contribution in [2.45, 2.75) is 32.6 Å². The summed E-state index contributed by atoms with van der Waals surface area (Å²) in [6.45, 7) is 4.09. The minimum atomic E-state index is -0.973. The third-order valence-electron chi connectivity index (χ3n) is 4.53. The average Bonchev–Trinajstić information content (AvgIpc) is 3.00. The number of aryl methyl sites for hydroxylation is 1. The first-order valence-electron chi connectivity index (χ1n) is 8.49. The van der Waals surface area contributed by atoms with E-state index < -0.39 is 5.97 Å². The van der Waals surface area contributed by atoms with E-state index in [0.29, 0.717) is 24.2 Å². The minimum absolute atomic E-state index is 0.0186. The van der Waals surface area contributed by atoms with Crippen LogP contribution in [0.15, 0.2) is 30.5 Å². The summed E-state index contributed by atoms with van der Waals surface area (Å²) < 4.78 is 2.01. The van der Waals surface area contributed by atoms with E-state index in [9.17, 15) is 14.7 Å². The van der Waals surface area contributed by atoms with Gasteiger partial charge in [0, 0.05) is 12.3 Å². The molecular weight excluding hydrogens is 332 g/mol. The summed E-state index contributed by atoms with van der Waals surface area (Å²) in [5.74, 6) is 0.595. The maximum atomic E-state index is 11.5. The SMILES string of the molecule is CC(C)c1nc2cc(C(=O)O)ccc2n1-c1cnc2c(c1)CCC(=O)N2. The van der Waals surface area contributed by atoms with Crippen molar-refractivity contribution in [2.24, 2.45) is 0 Å². The fourth-order valence-corrected chi connectivity index (χ4v) is 3.26. The number of hydrogen-bond donors (Lipinski definition) is 2. The first kappa shape index (κ1) is 16.3. The second kappa shape index (κ2) is 5.94. The zero-order valence-corrected chi connectivity index (χ0v) is 14.5. The number of nitrogens with one attached hydrogen (secondary N) is 1. The largest absolute Gasteiger partial charge is 0.478 e. The van der Waals surface area contributed by atoms with Gasteiger partial charge < -0.3 is 10.4 Å². The molecule has 0 saturated carbocycles. The number of imidazole rings is 1. The van der Waals surface area contributed by atoms with Crippen molar-refractivity contribution in [2.75, 3.05) is 5.32 Å². The van der Waals surface area contributed by atoms with Crippen LogP contribution < -0.4 is 5.32 Å². The van der Waals surface area contributed by atoms with Crippen molar-refractivity contribution in [1.29, 1.82) is 0 Å². The second-order valence-electron chi connectivity index (χ2n) is 6.72. The van der Waals surface area contributed by atoms with Crippen LogP contribution in [-0.4, -0.2) is 31.5 Å². The van der Waals surface area contributed by atoms with Crippen LogP contribution in [0.4, 0.5) is 5.82 Å². The Morgan fingerprint density at radius 1 is 1.27 bits per heavy atom. The number of hydrogen-bond acceptors (Lipinski definition) is 4. The molecule has 0 aliphatic carbocycles. The summed E-state index contributed by atoms with van der Waals surface area (Å²) in [5.41, 5.74) is 3.53. The molecule has 0 unspecified atom stereocenters. The molecular formula is C19H18N4O3. The topological polar surface area (TPSA) is 97.1 Å². The van der Waals surface area contributed by atoms with Crippen LogP contribution >= 0.6 is 0 Å². The number of amides is 1. The molecule has 1 amide bonds. The van der Waals surface area contributed by atoms with Crippen LogP contribution in [0.1, 0.15) is 47.9 Å². The molecule has 7 nitrogen and oxygen atoms in total. The molecule has 1 aliphatic rings. The summed E-state index contributed by atoms with van der Waals surface area (Å²) in [6, 6.07) is 6.96. The van der Waals surface area contributed by atoms with Gasteiger partial charge in [0.1, 0.15) is 11.6 Å². The highest BCUT2D eigenvalue weighted by Gasteiger charge is 2.20. The van der Waals surface area contributed by atoms with Crippen molar-refractivity contribution in [3.05, 3.63) is 47.4 Å². The number of fused-ring (bicyclic) bond motifs is 2. The summed E-state index contributed by atoms with van der Waals surface area (Å²) in [6.07, 6.45) is 2.80. The Hall–Kier alpha value is -3.22. The highest BCUT2D eigenvalue weighted by molar-refractivity contribution is 5.94. The summed E-state index contributed by atoms with van der Waals surface area (Å²) >= 11 is 0. The highest BCUT2D eigenvalue weighted by atomic mass is 16.4.